The van der Waals surface area contributed by atoms with E-state index in [1.165, 1.54) is 11.3 Å². The zero-order valence-electron chi connectivity index (χ0n) is 13.8. The zero-order chi connectivity index (χ0) is 16.8. The van der Waals surface area contributed by atoms with Gasteiger partial charge >= 0.3 is 0 Å². The molecule has 0 heterocycles. The molecule has 2 aromatic rings. The van der Waals surface area contributed by atoms with E-state index in [1.54, 1.807) is 0 Å². The molecule has 3 heteroatoms. The van der Waals surface area contributed by atoms with Crippen LogP contribution in [-0.2, 0) is 0 Å². The van der Waals surface area contributed by atoms with Gasteiger partial charge in [-0.15, -0.1) is 0 Å². The fourth-order valence-electron chi connectivity index (χ4n) is 2.51. The van der Waals surface area contributed by atoms with Crippen molar-refractivity contribution in [2.24, 2.45) is 0 Å². The molecular formula is C20H21BrN2. The average Bonchev–Trinajstić information content (AvgIpc) is 2.56. The molecule has 0 fully saturated rings. The van der Waals surface area contributed by atoms with Crippen molar-refractivity contribution in [2.75, 3.05) is 18.0 Å². The summed E-state index contributed by atoms with van der Waals surface area (Å²) in [6, 6.07) is 16.6. The maximum Gasteiger partial charge on any atom is 0.0998 e. The third-order valence-electron chi connectivity index (χ3n) is 3.87. The number of hydrogen-bond acceptors (Lipinski definition) is 2. The first-order chi connectivity index (χ1) is 11.1. The Labute approximate surface area is 147 Å². The minimum atomic E-state index is 0.674. The Balaban J connectivity index is 2.36. The summed E-state index contributed by atoms with van der Waals surface area (Å²) >= 11 is 3.65. The monoisotopic (exact) mass is 368 g/mol. The summed E-state index contributed by atoms with van der Waals surface area (Å²) in [6.07, 6.45) is 1.93. The second-order valence-electron chi connectivity index (χ2n) is 5.42. The van der Waals surface area contributed by atoms with Gasteiger partial charge in [-0.25, -0.2) is 0 Å². The molecule has 0 atom stereocenters. The molecule has 0 aliphatic heterocycles. The van der Waals surface area contributed by atoms with Crippen molar-refractivity contribution in [3.05, 3.63) is 63.6 Å². The van der Waals surface area contributed by atoms with Gasteiger partial charge in [0.15, 0.2) is 0 Å². The van der Waals surface area contributed by atoms with Gasteiger partial charge in [0.2, 0.25) is 0 Å². The molecule has 0 radical (unpaired) electrons. The van der Waals surface area contributed by atoms with Gasteiger partial charge in [-0.05, 0) is 66.0 Å². The van der Waals surface area contributed by atoms with E-state index < -0.39 is 0 Å². The van der Waals surface area contributed by atoms with Gasteiger partial charge < -0.3 is 4.90 Å². The summed E-state index contributed by atoms with van der Waals surface area (Å²) < 4.78 is 1.05. The highest BCUT2D eigenvalue weighted by molar-refractivity contribution is 9.10. The minimum Gasteiger partial charge on any atom is -0.371 e. The standard InChI is InChI=1S/C20H21BrN2/c1-4-23(5-2)20-11-8-16(13-19(20)21)12-18(14-22)17-9-6-15(3)7-10-17/h6-13H,4-5H2,1-3H3/b18-12-. The summed E-state index contributed by atoms with van der Waals surface area (Å²) in [6.45, 7) is 8.28. The number of hydrogen-bond donors (Lipinski definition) is 0. The van der Waals surface area contributed by atoms with Gasteiger partial charge in [0.25, 0.3) is 0 Å². The third-order valence-corrected chi connectivity index (χ3v) is 4.51. The van der Waals surface area contributed by atoms with E-state index in [1.807, 2.05) is 37.3 Å². The second-order valence-corrected chi connectivity index (χ2v) is 6.27. The van der Waals surface area contributed by atoms with Crippen LogP contribution in [0.1, 0.15) is 30.5 Å². The summed E-state index contributed by atoms with van der Waals surface area (Å²) in [4.78, 5) is 2.29. The quantitative estimate of drug-likeness (QED) is 0.502. The highest BCUT2D eigenvalue weighted by Crippen LogP contribution is 2.29. The number of nitriles is 1. The number of benzene rings is 2. The Bertz CT molecular complexity index is 735. The van der Waals surface area contributed by atoms with Gasteiger partial charge in [-0.3, -0.25) is 0 Å². The van der Waals surface area contributed by atoms with Crippen molar-refractivity contribution in [1.82, 2.24) is 0 Å². The number of rotatable bonds is 5. The van der Waals surface area contributed by atoms with Crippen LogP contribution in [0, 0.1) is 18.3 Å². The molecular weight excluding hydrogens is 348 g/mol. The number of anilines is 1. The van der Waals surface area contributed by atoms with Crippen LogP contribution in [0.5, 0.6) is 0 Å². The summed E-state index contributed by atoms with van der Waals surface area (Å²) in [5.41, 5.74) is 5.01. The molecule has 2 aromatic carbocycles. The fourth-order valence-corrected chi connectivity index (χ4v) is 3.16. The van der Waals surface area contributed by atoms with Crippen LogP contribution in [0.3, 0.4) is 0 Å². The molecule has 2 nitrogen and oxygen atoms in total. The van der Waals surface area contributed by atoms with Crippen LogP contribution in [0.4, 0.5) is 5.69 Å². The Kier molecular flexibility index (Phi) is 6.01. The van der Waals surface area contributed by atoms with E-state index in [4.69, 9.17) is 0 Å². The lowest BCUT2D eigenvalue weighted by atomic mass is 10.0. The van der Waals surface area contributed by atoms with Crippen LogP contribution in [0.2, 0.25) is 0 Å². The fraction of sp³-hybridized carbons (Fsp3) is 0.250. The second kappa shape index (κ2) is 7.99. The molecule has 0 unspecified atom stereocenters. The lowest BCUT2D eigenvalue weighted by Gasteiger charge is -2.22. The first kappa shape index (κ1) is 17.3. The Morgan fingerprint density at radius 3 is 2.30 bits per heavy atom. The topological polar surface area (TPSA) is 27.0 Å². The smallest absolute Gasteiger partial charge is 0.0998 e. The normalized spacial score (nSPS) is 11.2. The SMILES string of the molecule is CCN(CC)c1ccc(/C=C(/C#N)c2ccc(C)cc2)cc1Br. The molecule has 0 saturated carbocycles. The maximum absolute atomic E-state index is 9.46. The van der Waals surface area contributed by atoms with Gasteiger partial charge in [0, 0.05) is 17.6 Å². The van der Waals surface area contributed by atoms with Crippen molar-refractivity contribution in [1.29, 1.82) is 5.26 Å². The van der Waals surface area contributed by atoms with Crippen molar-refractivity contribution in [3.63, 3.8) is 0 Å². The molecule has 23 heavy (non-hydrogen) atoms. The molecule has 0 aliphatic carbocycles. The Hall–Kier alpha value is -2.05. The van der Waals surface area contributed by atoms with E-state index >= 15 is 0 Å². The summed E-state index contributed by atoms with van der Waals surface area (Å²) in [5.74, 6) is 0. The first-order valence-electron chi connectivity index (χ1n) is 7.82. The molecule has 0 N–H and O–H groups in total. The minimum absolute atomic E-state index is 0.674. The lowest BCUT2D eigenvalue weighted by Crippen LogP contribution is -2.22. The third kappa shape index (κ3) is 4.24. The van der Waals surface area contributed by atoms with Crippen molar-refractivity contribution in [2.45, 2.75) is 20.8 Å². The van der Waals surface area contributed by atoms with Gasteiger partial charge in [-0.1, -0.05) is 35.9 Å². The molecule has 2 rings (SSSR count). The highest BCUT2D eigenvalue weighted by atomic mass is 79.9. The van der Waals surface area contributed by atoms with E-state index in [-0.39, 0.29) is 0 Å². The van der Waals surface area contributed by atoms with Crippen molar-refractivity contribution >= 4 is 33.3 Å². The Morgan fingerprint density at radius 2 is 1.78 bits per heavy atom. The van der Waals surface area contributed by atoms with Crippen molar-refractivity contribution < 1.29 is 0 Å². The summed E-state index contributed by atoms with van der Waals surface area (Å²) in [7, 11) is 0. The van der Waals surface area contributed by atoms with Gasteiger partial charge in [0.05, 0.1) is 17.3 Å². The molecule has 0 spiro atoms. The number of halogens is 1. The molecule has 0 aromatic heterocycles. The van der Waals surface area contributed by atoms with E-state index in [0.29, 0.717) is 5.57 Å². The van der Waals surface area contributed by atoms with Gasteiger partial charge in [-0.2, -0.15) is 5.26 Å². The number of allylic oxidation sites excluding steroid dienone is 1. The van der Waals surface area contributed by atoms with Crippen LogP contribution in [-0.4, -0.2) is 13.1 Å². The predicted molar refractivity (Wildman–Crippen MR) is 102 cm³/mol. The average molecular weight is 369 g/mol. The van der Waals surface area contributed by atoms with Crippen LogP contribution in [0.25, 0.3) is 11.6 Å². The number of aryl methyl sites for hydroxylation is 1. The summed E-state index contributed by atoms with van der Waals surface area (Å²) in [5, 5.41) is 9.46. The first-order valence-corrected chi connectivity index (χ1v) is 8.61. The molecule has 0 amide bonds. The molecule has 0 saturated heterocycles. The lowest BCUT2D eigenvalue weighted by molar-refractivity contribution is 0.864. The molecule has 118 valence electrons. The molecule has 0 aliphatic rings. The van der Waals surface area contributed by atoms with E-state index in [9.17, 15) is 5.26 Å². The largest absolute Gasteiger partial charge is 0.371 e. The molecule has 0 bridgehead atoms. The predicted octanol–water partition coefficient (Wildman–Crippen LogP) is 5.67. The van der Waals surface area contributed by atoms with E-state index in [0.717, 1.165) is 28.7 Å². The van der Waals surface area contributed by atoms with Gasteiger partial charge in [0.1, 0.15) is 0 Å². The Morgan fingerprint density at radius 1 is 1.13 bits per heavy atom. The highest BCUT2D eigenvalue weighted by Gasteiger charge is 2.07. The van der Waals surface area contributed by atoms with Crippen LogP contribution < -0.4 is 4.90 Å². The zero-order valence-corrected chi connectivity index (χ0v) is 15.4. The maximum atomic E-state index is 9.46. The van der Waals surface area contributed by atoms with Crippen LogP contribution >= 0.6 is 15.9 Å². The number of nitrogens with zero attached hydrogens (tertiary/aromatic N) is 2. The van der Waals surface area contributed by atoms with Crippen LogP contribution in [0.15, 0.2) is 46.9 Å². The van der Waals surface area contributed by atoms with Crippen molar-refractivity contribution in [3.8, 4) is 6.07 Å². The van der Waals surface area contributed by atoms with E-state index in [2.05, 4.69) is 58.9 Å².